The molecule has 1 amide bonds. The molecule has 5 rings (SSSR count). The summed E-state index contributed by atoms with van der Waals surface area (Å²) in [6.45, 7) is 1.01. The van der Waals surface area contributed by atoms with E-state index < -0.39 is 17.3 Å². The summed E-state index contributed by atoms with van der Waals surface area (Å²) in [7, 11) is 0. The van der Waals surface area contributed by atoms with Crippen LogP contribution in [0.4, 0.5) is 4.39 Å². The van der Waals surface area contributed by atoms with Crippen LogP contribution in [0.3, 0.4) is 0 Å². The minimum atomic E-state index is -0.636. The van der Waals surface area contributed by atoms with E-state index in [4.69, 9.17) is 20.8 Å². The van der Waals surface area contributed by atoms with Crippen LogP contribution >= 0.6 is 11.6 Å². The van der Waals surface area contributed by atoms with Crippen molar-refractivity contribution in [2.45, 2.75) is 25.0 Å². The molecular weight excluding hydrogens is 397 g/mol. The first-order valence-corrected chi connectivity index (χ1v) is 9.85. The third-order valence-corrected chi connectivity index (χ3v) is 5.79. The van der Waals surface area contributed by atoms with Crippen LogP contribution in [-0.4, -0.2) is 30.1 Å². The lowest BCUT2D eigenvalue weighted by Gasteiger charge is -2.27. The number of ether oxygens (including phenoxy) is 1. The fraction of sp³-hybridized carbons (Fsp3) is 0.273. The molecule has 7 heteroatoms. The molecular formula is C22H17ClFNO4. The molecule has 0 saturated carbocycles. The fourth-order valence-electron chi connectivity index (χ4n) is 4.18. The minimum absolute atomic E-state index is 0.00653. The highest BCUT2D eigenvalue weighted by atomic mass is 35.5. The highest BCUT2D eigenvalue weighted by molar-refractivity contribution is 6.30. The van der Waals surface area contributed by atoms with E-state index in [1.165, 1.54) is 12.1 Å². The van der Waals surface area contributed by atoms with Gasteiger partial charge >= 0.3 is 0 Å². The summed E-state index contributed by atoms with van der Waals surface area (Å²) in [6, 6.07) is 10.1. The predicted molar refractivity (Wildman–Crippen MR) is 106 cm³/mol. The standard InChI is InChI=1S/C22H17ClFNO4/c23-13-5-3-12(4-6-13)19-18-20(26)16-10-14(24)7-8-17(16)29-21(18)22(27)25(19)11-15-2-1-9-28-15/h3-8,10,15,19H,1-2,9,11H2. The van der Waals surface area contributed by atoms with Crippen molar-refractivity contribution in [2.24, 2.45) is 0 Å². The second-order valence-corrected chi connectivity index (χ2v) is 7.80. The van der Waals surface area contributed by atoms with Gasteiger partial charge in [0.25, 0.3) is 5.91 Å². The second-order valence-electron chi connectivity index (χ2n) is 7.36. The van der Waals surface area contributed by atoms with Crippen LogP contribution in [0.1, 0.15) is 40.6 Å². The lowest BCUT2D eigenvalue weighted by Crippen LogP contribution is -2.36. The van der Waals surface area contributed by atoms with Gasteiger partial charge in [0.05, 0.1) is 23.1 Å². The van der Waals surface area contributed by atoms with Crippen molar-refractivity contribution < 1.29 is 18.3 Å². The van der Waals surface area contributed by atoms with Crippen molar-refractivity contribution in [1.29, 1.82) is 0 Å². The molecule has 1 fully saturated rings. The Morgan fingerprint density at radius 2 is 1.93 bits per heavy atom. The van der Waals surface area contributed by atoms with E-state index in [0.29, 0.717) is 18.2 Å². The van der Waals surface area contributed by atoms with Crippen molar-refractivity contribution in [3.63, 3.8) is 0 Å². The van der Waals surface area contributed by atoms with Crippen molar-refractivity contribution >= 4 is 28.5 Å². The van der Waals surface area contributed by atoms with E-state index in [9.17, 15) is 14.0 Å². The molecule has 0 N–H and O–H groups in total. The Kier molecular flexibility index (Phi) is 4.41. The minimum Gasteiger partial charge on any atom is -0.450 e. The summed E-state index contributed by atoms with van der Waals surface area (Å²) < 4.78 is 25.3. The van der Waals surface area contributed by atoms with Crippen LogP contribution in [0.5, 0.6) is 0 Å². The normalized spacial score (nSPS) is 21.2. The van der Waals surface area contributed by atoms with Gasteiger partial charge in [-0.15, -0.1) is 0 Å². The predicted octanol–water partition coefficient (Wildman–Crippen LogP) is 4.31. The van der Waals surface area contributed by atoms with E-state index in [0.717, 1.165) is 24.5 Å². The Hall–Kier alpha value is -2.70. The van der Waals surface area contributed by atoms with Crippen LogP contribution in [0, 0.1) is 5.82 Å². The summed E-state index contributed by atoms with van der Waals surface area (Å²) >= 11 is 6.03. The molecule has 0 bridgehead atoms. The summed E-state index contributed by atoms with van der Waals surface area (Å²) in [5.74, 6) is -0.890. The molecule has 0 spiro atoms. The van der Waals surface area contributed by atoms with Gasteiger partial charge in [0.1, 0.15) is 11.4 Å². The highest BCUT2D eigenvalue weighted by Gasteiger charge is 2.43. The second kappa shape index (κ2) is 6.97. The molecule has 148 valence electrons. The number of carbonyl (C=O) groups excluding carboxylic acids is 1. The summed E-state index contributed by atoms with van der Waals surface area (Å²) in [6.07, 6.45) is 1.69. The van der Waals surface area contributed by atoms with Crippen LogP contribution in [0.15, 0.2) is 51.7 Å². The van der Waals surface area contributed by atoms with Crippen LogP contribution in [-0.2, 0) is 4.74 Å². The molecule has 3 aromatic rings. The molecule has 2 unspecified atom stereocenters. The number of halogens is 2. The van der Waals surface area contributed by atoms with Gasteiger partial charge in [-0.1, -0.05) is 23.7 Å². The molecule has 0 radical (unpaired) electrons. The van der Waals surface area contributed by atoms with Gasteiger partial charge in [-0.3, -0.25) is 9.59 Å². The summed E-state index contributed by atoms with van der Waals surface area (Å²) in [5.41, 5.74) is 0.761. The Labute approximate surface area is 170 Å². The van der Waals surface area contributed by atoms with Crippen LogP contribution in [0.25, 0.3) is 11.0 Å². The maximum absolute atomic E-state index is 13.8. The number of hydrogen-bond donors (Lipinski definition) is 0. The smallest absolute Gasteiger partial charge is 0.291 e. The third kappa shape index (κ3) is 3.03. The average molecular weight is 414 g/mol. The quantitative estimate of drug-likeness (QED) is 0.642. The Morgan fingerprint density at radius 1 is 1.14 bits per heavy atom. The SMILES string of the molecule is O=C1c2oc3ccc(F)cc3c(=O)c2C(c2ccc(Cl)cc2)N1CC1CCCO1. The van der Waals surface area contributed by atoms with Gasteiger partial charge in [-0.05, 0) is 48.7 Å². The zero-order chi connectivity index (χ0) is 20.1. The number of rotatable bonds is 3. The first-order chi connectivity index (χ1) is 14.0. The van der Waals surface area contributed by atoms with Crippen molar-refractivity contribution in [2.75, 3.05) is 13.2 Å². The molecule has 2 aromatic carbocycles. The van der Waals surface area contributed by atoms with Crippen LogP contribution in [0.2, 0.25) is 5.02 Å². The molecule has 3 heterocycles. The Bertz CT molecular complexity index is 1170. The van der Waals surface area contributed by atoms with Gasteiger partial charge in [0.2, 0.25) is 5.76 Å². The van der Waals surface area contributed by atoms with E-state index in [1.807, 2.05) is 0 Å². The number of amides is 1. The van der Waals surface area contributed by atoms with E-state index in [1.54, 1.807) is 29.2 Å². The zero-order valence-corrected chi connectivity index (χ0v) is 16.1. The average Bonchev–Trinajstić information content (AvgIpc) is 3.32. The molecule has 1 aromatic heterocycles. The van der Waals surface area contributed by atoms with Gasteiger partial charge in [-0.2, -0.15) is 0 Å². The molecule has 5 nitrogen and oxygen atoms in total. The number of benzene rings is 2. The fourth-order valence-corrected chi connectivity index (χ4v) is 4.31. The number of hydrogen-bond acceptors (Lipinski definition) is 4. The molecule has 29 heavy (non-hydrogen) atoms. The lowest BCUT2D eigenvalue weighted by molar-refractivity contribution is 0.0486. The van der Waals surface area contributed by atoms with Gasteiger partial charge in [0, 0.05) is 18.2 Å². The number of carbonyl (C=O) groups is 1. The molecule has 1 saturated heterocycles. The monoisotopic (exact) mass is 413 g/mol. The van der Waals surface area contributed by atoms with E-state index in [2.05, 4.69) is 0 Å². The topological polar surface area (TPSA) is 59.8 Å². The third-order valence-electron chi connectivity index (χ3n) is 5.54. The maximum atomic E-state index is 13.8. The van der Waals surface area contributed by atoms with Gasteiger partial charge < -0.3 is 14.1 Å². The van der Waals surface area contributed by atoms with Crippen molar-refractivity contribution in [3.05, 3.63) is 80.4 Å². The summed E-state index contributed by atoms with van der Waals surface area (Å²) in [4.78, 5) is 28.1. The lowest BCUT2D eigenvalue weighted by atomic mass is 9.98. The largest absolute Gasteiger partial charge is 0.450 e. The van der Waals surface area contributed by atoms with Crippen LogP contribution < -0.4 is 5.43 Å². The molecule has 0 aliphatic carbocycles. The van der Waals surface area contributed by atoms with Crippen molar-refractivity contribution in [1.82, 2.24) is 4.90 Å². The maximum Gasteiger partial charge on any atom is 0.291 e. The first-order valence-electron chi connectivity index (χ1n) is 9.47. The van der Waals surface area contributed by atoms with Crippen molar-refractivity contribution in [3.8, 4) is 0 Å². The van der Waals surface area contributed by atoms with Gasteiger partial charge in [0.15, 0.2) is 5.43 Å². The molecule has 2 aliphatic heterocycles. The Morgan fingerprint density at radius 3 is 2.66 bits per heavy atom. The molecule has 2 atom stereocenters. The zero-order valence-electron chi connectivity index (χ0n) is 15.4. The number of nitrogens with zero attached hydrogens (tertiary/aromatic N) is 1. The molecule has 2 aliphatic rings. The van der Waals surface area contributed by atoms with E-state index in [-0.39, 0.29) is 34.3 Å². The van der Waals surface area contributed by atoms with E-state index >= 15 is 0 Å². The number of fused-ring (bicyclic) bond motifs is 2. The Balaban J connectivity index is 1.71. The first kappa shape index (κ1) is 18.3. The highest BCUT2D eigenvalue weighted by Crippen LogP contribution is 2.39. The van der Waals surface area contributed by atoms with Gasteiger partial charge in [-0.25, -0.2) is 4.39 Å². The summed E-state index contributed by atoms with van der Waals surface area (Å²) in [5, 5.41) is 0.672.